The summed E-state index contributed by atoms with van der Waals surface area (Å²) in [6.07, 6.45) is 0. The number of methoxy groups -OCH3 is 1. The van der Waals surface area contributed by atoms with Crippen molar-refractivity contribution in [3.63, 3.8) is 0 Å². The van der Waals surface area contributed by atoms with Crippen molar-refractivity contribution < 1.29 is 14.5 Å². The predicted molar refractivity (Wildman–Crippen MR) is 102 cm³/mol. The fraction of sp³-hybridized carbons (Fsp3) is 0.167. The molecule has 0 unspecified atom stereocenters. The lowest BCUT2D eigenvalue weighted by molar-refractivity contribution is -0.384. The summed E-state index contributed by atoms with van der Waals surface area (Å²) in [5.41, 5.74) is 4.97. The third-order valence-electron chi connectivity index (χ3n) is 4.10. The third-order valence-corrected chi connectivity index (χ3v) is 4.10. The monoisotopic (exact) mass is 383 g/mol. The maximum absolute atomic E-state index is 12.6. The molecular formula is C18H17N5O5. The maximum atomic E-state index is 12.6. The molecule has 28 heavy (non-hydrogen) atoms. The van der Waals surface area contributed by atoms with Gasteiger partial charge in [-0.15, -0.1) is 0 Å². The highest BCUT2D eigenvalue weighted by Crippen LogP contribution is 2.23. The van der Waals surface area contributed by atoms with Gasteiger partial charge in [0.2, 0.25) is 5.95 Å². The van der Waals surface area contributed by atoms with Gasteiger partial charge < -0.3 is 4.74 Å². The van der Waals surface area contributed by atoms with E-state index in [1.807, 2.05) is 0 Å². The lowest BCUT2D eigenvalue weighted by Crippen LogP contribution is -2.34. The van der Waals surface area contributed by atoms with E-state index in [0.29, 0.717) is 17.4 Å². The Balaban J connectivity index is 1.92. The second-order valence-corrected chi connectivity index (χ2v) is 5.72. The molecule has 1 aromatic heterocycles. The number of hydrogen-bond donors (Lipinski definition) is 2. The first-order chi connectivity index (χ1) is 13.5. The summed E-state index contributed by atoms with van der Waals surface area (Å²) < 4.78 is 6.46. The Kier molecular flexibility index (Phi) is 5.21. The summed E-state index contributed by atoms with van der Waals surface area (Å²) in [5.74, 6) is -0.362. The molecule has 0 bridgehead atoms. The number of carbonyl (C=O) groups excluding carboxylic acids is 1. The van der Waals surface area contributed by atoms with Crippen molar-refractivity contribution in [1.29, 1.82) is 0 Å². The van der Waals surface area contributed by atoms with Crippen molar-refractivity contribution in [2.45, 2.75) is 13.5 Å². The Labute approximate surface area is 158 Å². The maximum Gasteiger partial charge on any atom is 0.273 e. The van der Waals surface area contributed by atoms with Gasteiger partial charge in [-0.2, -0.15) is 0 Å². The number of nitrogens with one attached hydrogen (secondary N) is 2. The molecule has 10 nitrogen and oxygen atoms in total. The van der Waals surface area contributed by atoms with Crippen LogP contribution in [0.5, 0.6) is 5.75 Å². The van der Waals surface area contributed by atoms with Crippen molar-refractivity contribution in [3.8, 4) is 5.75 Å². The molecule has 2 N–H and O–H groups in total. The van der Waals surface area contributed by atoms with Crippen LogP contribution in [-0.2, 0) is 6.54 Å². The van der Waals surface area contributed by atoms with Crippen LogP contribution in [0.4, 0.5) is 11.6 Å². The summed E-state index contributed by atoms with van der Waals surface area (Å²) in [6.45, 7) is 2.10. The van der Waals surface area contributed by atoms with Gasteiger partial charge in [0.15, 0.2) is 0 Å². The van der Waals surface area contributed by atoms with Crippen LogP contribution in [-0.4, -0.2) is 27.5 Å². The third kappa shape index (κ3) is 3.47. The number of hydrogen-bond acceptors (Lipinski definition) is 7. The standard InChI is InChI=1S/C18H17N5O5/c1-3-22-17(25)12-6-4-5-7-14(12)19-18(22)21-20-16(24)13-10-11(23(26)27)8-9-15(13)28-2/h4-10H,3H2,1-2H3,(H,19,21)(H,20,24). The van der Waals surface area contributed by atoms with E-state index < -0.39 is 10.8 Å². The van der Waals surface area contributed by atoms with Gasteiger partial charge in [-0.05, 0) is 25.1 Å². The highest BCUT2D eigenvalue weighted by Gasteiger charge is 2.18. The number of aromatic nitrogens is 2. The van der Waals surface area contributed by atoms with E-state index in [-0.39, 0.29) is 28.5 Å². The molecule has 0 radical (unpaired) electrons. The normalized spacial score (nSPS) is 10.5. The first kappa shape index (κ1) is 18.8. The van der Waals surface area contributed by atoms with Crippen LogP contribution >= 0.6 is 0 Å². The topological polar surface area (TPSA) is 128 Å². The fourth-order valence-electron chi connectivity index (χ4n) is 2.72. The molecule has 3 aromatic rings. The van der Waals surface area contributed by atoms with Crippen molar-refractivity contribution in [2.24, 2.45) is 0 Å². The number of fused-ring (bicyclic) bond motifs is 1. The average molecular weight is 383 g/mol. The fourth-order valence-corrected chi connectivity index (χ4v) is 2.72. The van der Waals surface area contributed by atoms with Crippen LogP contribution in [0.15, 0.2) is 47.3 Å². The number of benzene rings is 2. The summed E-state index contributed by atoms with van der Waals surface area (Å²) >= 11 is 0. The minimum atomic E-state index is -0.675. The first-order valence-electron chi connectivity index (χ1n) is 8.34. The molecule has 10 heteroatoms. The molecule has 144 valence electrons. The van der Waals surface area contributed by atoms with Gasteiger partial charge >= 0.3 is 0 Å². The molecule has 0 atom stereocenters. The van der Waals surface area contributed by atoms with Crippen molar-refractivity contribution in [3.05, 3.63) is 68.5 Å². The molecule has 0 saturated heterocycles. The molecule has 3 rings (SSSR count). The lowest BCUT2D eigenvalue weighted by Gasteiger charge is -2.14. The van der Waals surface area contributed by atoms with Crippen LogP contribution in [0.3, 0.4) is 0 Å². The number of nitro groups is 1. The predicted octanol–water partition coefficient (Wildman–Crippen LogP) is 2.09. The van der Waals surface area contributed by atoms with Gasteiger partial charge in [0, 0.05) is 18.7 Å². The Morgan fingerprint density at radius 1 is 1.29 bits per heavy atom. The Morgan fingerprint density at radius 3 is 2.71 bits per heavy atom. The SMILES string of the molecule is CCn1c(NNC(=O)c2cc([N+](=O)[O-])ccc2OC)nc2ccccc2c1=O. The number of amides is 1. The number of hydrazine groups is 1. The van der Waals surface area contributed by atoms with E-state index in [2.05, 4.69) is 15.8 Å². The molecule has 1 amide bonds. The highest BCUT2D eigenvalue weighted by atomic mass is 16.6. The lowest BCUT2D eigenvalue weighted by atomic mass is 10.1. The van der Waals surface area contributed by atoms with Gasteiger partial charge in [-0.1, -0.05) is 12.1 Å². The zero-order valence-electron chi connectivity index (χ0n) is 15.1. The zero-order chi connectivity index (χ0) is 20.3. The molecule has 0 aliphatic heterocycles. The molecule has 0 aliphatic rings. The largest absolute Gasteiger partial charge is 0.496 e. The number of anilines is 1. The minimum absolute atomic E-state index is 0.0321. The van der Waals surface area contributed by atoms with Crippen LogP contribution in [0.1, 0.15) is 17.3 Å². The Bertz CT molecular complexity index is 1130. The van der Waals surface area contributed by atoms with E-state index >= 15 is 0 Å². The minimum Gasteiger partial charge on any atom is -0.496 e. The van der Waals surface area contributed by atoms with E-state index in [9.17, 15) is 19.7 Å². The van der Waals surface area contributed by atoms with Crippen LogP contribution in [0.2, 0.25) is 0 Å². The summed E-state index contributed by atoms with van der Waals surface area (Å²) in [7, 11) is 1.35. The number of rotatable bonds is 6. The van der Waals surface area contributed by atoms with Gasteiger partial charge in [0.1, 0.15) is 5.75 Å². The van der Waals surface area contributed by atoms with Gasteiger partial charge in [0.05, 0.1) is 28.5 Å². The summed E-state index contributed by atoms with van der Waals surface area (Å²) in [5, 5.41) is 11.4. The summed E-state index contributed by atoms with van der Waals surface area (Å²) in [6, 6.07) is 10.5. The number of nitrogens with zero attached hydrogens (tertiary/aromatic N) is 3. The molecule has 0 spiro atoms. The van der Waals surface area contributed by atoms with Crippen LogP contribution < -0.4 is 21.1 Å². The second-order valence-electron chi connectivity index (χ2n) is 5.72. The van der Waals surface area contributed by atoms with Gasteiger partial charge in [0.25, 0.3) is 17.2 Å². The summed E-state index contributed by atoms with van der Waals surface area (Å²) in [4.78, 5) is 39.8. The molecule has 2 aromatic carbocycles. The second kappa shape index (κ2) is 7.74. The van der Waals surface area contributed by atoms with Crippen LogP contribution in [0, 0.1) is 10.1 Å². The Morgan fingerprint density at radius 2 is 2.04 bits per heavy atom. The molecule has 1 heterocycles. The van der Waals surface area contributed by atoms with Crippen molar-refractivity contribution in [2.75, 3.05) is 12.5 Å². The van der Waals surface area contributed by atoms with Gasteiger partial charge in [-0.3, -0.25) is 35.1 Å². The highest BCUT2D eigenvalue weighted by molar-refractivity contribution is 5.98. The van der Waals surface area contributed by atoms with Crippen molar-refractivity contribution in [1.82, 2.24) is 15.0 Å². The smallest absolute Gasteiger partial charge is 0.273 e. The van der Waals surface area contributed by atoms with E-state index in [0.717, 1.165) is 6.07 Å². The first-order valence-corrected chi connectivity index (χ1v) is 8.34. The van der Waals surface area contributed by atoms with E-state index in [1.165, 1.54) is 23.8 Å². The van der Waals surface area contributed by atoms with Gasteiger partial charge in [-0.25, -0.2) is 4.98 Å². The number of non-ortho nitro benzene ring substituents is 1. The molecule has 0 fully saturated rings. The van der Waals surface area contributed by atoms with Crippen LogP contribution in [0.25, 0.3) is 10.9 Å². The number of ether oxygens (including phenoxy) is 1. The Hall–Kier alpha value is -3.95. The quantitative estimate of drug-likeness (QED) is 0.492. The zero-order valence-corrected chi connectivity index (χ0v) is 15.1. The molecule has 0 saturated carbocycles. The number of nitro benzene ring substituents is 1. The van der Waals surface area contributed by atoms with Crippen molar-refractivity contribution >= 4 is 28.4 Å². The van der Waals surface area contributed by atoms with E-state index in [1.54, 1.807) is 31.2 Å². The number of carbonyl (C=O) groups is 1. The molecule has 0 aliphatic carbocycles. The average Bonchev–Trinajstić information content (AvgIpc) is 2.71. The van der Waals surface area contributed by atoms with E-state index in [4.69, 9.17) is 4.74 Å². The number of para-hydroxylation sites is 1. The molecular weight excluding hydrogens is 366 g/mol.